The number of hydrogen-bond donors (Lipinski definition) is 0. The van der Waals surface area contributed by atoms with E-state index in [1.807, 2.05) is 24.3 Å². The molecule has 4 aromatic rings. The Bertz CT molecular complexity index is 1290. The van der Waals surface area contributed by atoms with Gasteiger partial charge in [-0.2, -0.15) is 13.2 Å². The van der Waals surface area contributed by atoms with Gasteiger partial charge in [0.2, 0.25) is 0 Å². The molecule has 0 nitrogen and oxygen atoms in total. The van der Waals surface area contributed by atoms with Crippen molar-refractivity contribution in [2.24, 2.45) is 0 Å². The molecule has 0 aliphatic rings. The molecule has 35 heavy (non-hydrogen) atoms. The Balaban J connectivity index is 1.51. The highest BCUT2D eigenvalue weighted by molar-refractivity contribution is 5.89. The molecule has 182 valence electrons. The Labute approximate surface area is 202 Å². The van der Waals surface area contributed by atoms with Gasteiger partial charge in [0, 0.05) is 5.39 Å². The van der Waals surface area contributed by atoms with Crippen molar-refractivity contribution >= 4 is 10.8 Å². The van der Waals surface area contributed by atoms with Gasteiger partial charge in [-0.1, -0.05) is 93.3 Å². The van der Waals surface area contributed by atoms with Crippen LogP contribution in [0.5, 0.6) is 0 Å². The van der Waals surface area contributed by atoms with Gasteiger partial charge >= 0.3 is 6.18 Å². The Kier molecular flexibility index (Phi) is 7.54. The molecule has 0 bridgehead atoms. The summed E-state index contributed by atoms with van der Waals surface area (Å²) < 4.78 is 67.4. The first-order valence-corrected chi connectivity index (χ1v) is 12.0. The number of aryl methyl sites for hydroxylation is 1. The molecule has 0 amide bonds. The lowest BCUT2D eigenvalue weighted by atomic mass is 9.96. The second-order valence-electron chi connectivity index (χ2n) is 8.92. The molecular formula is C30H27F5. The van der Waals surface area contributed by atoms with Crippen LogP contribution < -0.4 is 0 Å². The fourth-order valence-electron chi connectivity index (χ4n) is 4.42. The quantitative estimate of drug-likeness (QED) is 0.173. The van der Waals surface area contributed by atoms with Gasteiger partial charge in [-0.05, 0) is 58.2 Å². The predicted molar refractivity (Wildman–Crippen MR) is 132 cm³/mol. The minimum Gasteiger partial charge on any atom is -0.206 e. The molecule has 0 spiro atoms. The standard InChI is InChI=1S/C30H27F5/c1-2-3-4-5-6-7-20-8-10-21(11-9-20)22-12-14-23(15-13-22)24-16-17-26-25(18-24)19-27(31)28(29(26)32)30(33,34)35/h8-19H,2-7H2,1H3. The van der Waals surface area contributed by atoms with Crippen LogP contribution in [0.15, 0.2) is 72.8 Å². The minimum absolute atomic E-state index is 0.0832. The van der Waals surface area contributed by atoms with Gasteiger partial charge in [-0.15, -0.1) is 0 Å². The molecule has 0 aliphatic heterocycles. The molecule has 0 atom stereocenters. The molecule has 0 unspecified atom stereocenters. The number of rotatable bonds is 8. The van der Waals surface area contributed by atoms with Crippen LogP contribution in [-0.4, -0.2) is 0 Å². The first-order valence-electron chi connectivity index (χ1n) is 12.0. The highest BCUT2D eigenvalue weighted by Crippen LogP contribution is 2.38. The van der Waals surface area contributed by atoms with Crippen LogP contribution in [0.4, 0.5) is 22.0 Å². The third-order valence-corrected chi connectivity index (χ3v) is 6.39. The highest BCUT2D eigenvalue weighted by atomic mass is 19.4. The summed E-state index contributed by atoms with van der Waals surface area (Å²) in [7, 11) is 0. The maximum absolute atomic E-state index is 14.4. The molecule has 0 N–H and O–H groups in total. The van der Waals surface area contributed by atoms with Gasteiger partial charge in [0.25, 0.3) is 0 Å². The van der Waals surface area contributed by atoms with E-state index < -0.39 is 23.4 Å². The Morgan fingerprint density at radius 1 is 0.629 bits per heavy atom. The van der Waals surface area contributed by atoms with E-state index >= 15 is 0 Å². The van der Waals surface area contributed by atoms with Crippen LogP contribution in [0.3, 0.4) is 0 Å². The molecule has 0 radical (unpaired) electrons. The third-order valence-electron chi connectivity index (χ3n) is 6.39. The van der Waals surface area contributed by atoms with E-state index in [0.717, 1.165) is 29.2 Å². The van der Waals surface area contributed by atoms with Crippen molar-refractivity contribution < 1.29 is 22.0 Å². The predicted octanol–water partition coefficient (Wildman–Crippen LogP) is 9.98. The van der Waals surface area contributed by atoms with Crippen LogP contribution in [-0.2, 0) is 12.6 Å². The monoisotopic (exact) mass is 482 g/mol. The first kappa shape index (κ1) is 24.9. The van der Waals surface area contributed by atoms with E-state index in [-0.39, 0.29) is 10.8 Å². The van der Waals surface area contributed by atoms with Crippen molar-refractivity contribution in [3.8, 4) is 22.3 Å². The molecular weight excluding hydrogens is 455 g/mol. The molecule has 4 rings (SSSR count). The number of alkyl halides is 3. The van der Waals surface area contributed by atoms with Crippen molar-refractivity contribution in [3.05, 3.63) is 95.6 Å². The van der Waals surface area contributed by atoms with Gasteiger partial charge in [-0.25, -0.2) is 8.78 Å². The van der Waals surface area contributed by atoms with Crippen molar-refractivity contribution in [2.45, 2.75) is 51.6 Å². The van der Waals surface area contributed by atoms with E-state index in [9.17, 15) is 22.0 Å². The normalized spacial score (nSPS) is 11.8. The van der Waals surface area contributed by atoms with E-state index in [1.165, 1.54) is 49.8 Å². The molecule has 0 saturated heterocycles. The summed E-state index contributed by atoms with van der Waals surface area (Å²) in [5.41, 5.74) is 3.07. The highest BCUT2D eigenvalue weighted by Gasteiger charge is 2.38. The summed E-state index contributed by atoms with van der Waals surface area (Å²) in [5.74, 6) is -3.20. The summed E-state index contributed by atoms with van der Waals surface area (Å²) in [6, 6.07) is 21.3. The van der Waals surface area contributed by atoms with Crippen molar-refractivity contribution in [3.63, 3.8) is 0 Å². The van der Waals surface area contributed by atoms with Gasteiger partial charge in [0.05, 0.1) is 0 Å². The second kappa shape index (κ2) is 10.6. The maximum Gasteiger partial charge on any atom is 0.422 e. The molecule has 0 aliphatic carbocycles. The average Bonchev–Trinajstić information content (AvgIpc) is 2.83. The van der Waals surface area contributed by atoms with Gasteiger partial charge < -0.3 is 0 Å². The molecule has 0 aromatic heterocycles. The second-order valence-corrected chi connectivity index (χ2v) is 8.92. The van der Waals surface area contributed by atoms with Crippen LogP contribution in [0, 0.1) is 11.6 Å². The molecule has 4 aromatic carbocycles. The molecule has 0 heterocycles. The molecule has 0 saturated carbocycles. The topological polar surface area (TPSA) is 0 Å². The zero-order chi connectivity index (χ0) is 25.0. The fourth-order valence-corrected chi connectivity index (χ4v) is 4.42. The van der Waals surface area contributed by atoms with Gasteiger partial charge in [0.15, 0.2) is 0 Å². The molecule has 5 heteroatoms. The number of halogens is 5. The van der Waals surface area contributed by atoms with E-state index in [1.54, 1.807) is 6.07 Å². The van der Waals surface area contributed by atoms with Gasteiger partial charge in [0.1, 0.15) is 17.2 Å². The average molecular weight is 483 g/mol. The largest absolute Gasteiger partial charge is 0.422 e. The van der Waals surface area contributed by atoms with E-state index in [4.69, 9.17) is 0 Å². The smallest absolute Gasteiger partial charge is 0.206 e. The van der Waals surface area contributed by atoms with E-state index in [0.29, 0.717) is 5.56 Å². The summed E-state index contributed by atoms with van der Waals surface area (Å²) >= 11 is 0. The number of hydrogen-bond acceptors (Lipinski definition) is 0. The lowest BCUT2D eigenvalue weighted by Crippen LogP contribution is -2.11. The Hall–Kier alpha value is -3.21. The van der Waals surface area contributed by atoms with Crippen LogP contribution in [0.1, 0.15) is 50.2 Å². The summed E-state index contributed by atoms with van der Waals surface area (Å²) in [6.07, 6.45) is 2.27. The van der Waals surface area contributed by atoms with Crippen molar-refractivity contribution in [1.29, 1.82) is 0 Å². The maximum atomic E-state index is 14.4. The van der Waals surface area contributed by atoms with Crippen LogP contribution in [0.25, 0.3) is 33.0 Å². The number of benzene rings is 4. The summed E-state index contributed by atoms with van der Waals surface area (Å²) in [5, 5.41) is -0.176. The molecule has 0 fully saturated rings. The SMILES string of the molecule is CCCCCCCc1ccc(-c2ccc(-c3ccc4c(F)c(C(F)(F)F)c(F)cc4c3)cc2)cc1. The third kappa shape index (κ3) is 5.72. The zero-order valence-electron chi connectivity index (χ0n) is 19.6. The fraction of sp³-hybridized carbons (Fsp3) is 0.267. The Morgan fingerprint density at radius 3 is 1.77 bits per heavy atom. The number of fused-ring (bicyclic) bond motifs is 1. The zero-order valence-corrected chi connectivity index (χ0v) is 19.6. The van der Waals surface area contributed by atoms with Crippen molar-refractivity contribution in [1.82, 2.24) is 0 Å². The van der Waals surface area contributed by atoms with Crippen molar-refractivity contribution in [2.75, 3.05) is 0 Å². The summed E-state index contributed by atoms with van der Waals surface area (Å²) in [4.78, 5) is 0. The van der Waals surface area contributed by atoms with E-state index in [2.05, 4.69) is 31.2 Å². The first-order chi connectivity index (χ1) is 16.8. The lowest BCUT2D eigenvalue weighted by molar-refractivity contribution is -0.142. The van der Waals surface area contributed by atoms with Gasteiger partial charge in [-0.3, -0.25) is 0 Å². The summed E-state index contributed by atoms with van der Waals surface area (Å²) in [6.45, 7) is 2.21. The lowest BCUT2D eigenvalue weighted by Gasteiger charge is -2.12. The number of unbranched alkanes of at least 4 members (excludes halogenated alkanes) is 4. The van der Waals surface area contributed by atoms with Crippen LogP contribution in [0.2, 0.25) is 0 Å². The minimum atomic E-state index is -5.09. The Morgan fingerprint density at radius 2 is 1.17 bits per heavy atom. The van der Waals surface area contributed by atoms with Crippen LogP contribution >= 0.6 is 0 Å².